The summed E-state index contributed by atoms with van der Waals surface area (Å²) in [4.78, 5) is 15.2. The molecule has 0 saturated heterocycles. The van der Waals surface area contributed by atoms with E-state index in [9.17, 15) is 4.79 Å². The van der Waals surface area contributed by atoms with Gasteiger partial charge in [0.15, 0.2) is 0 Å². The van der Waals surface area contributed by atoms with Gasteiger partial charge in [0, 0.05) is 18.3 Å². The molecule has 0 saturated carbocycles. The number of anilines is 1. The number of likely N-dealkylation sites (N-methyl/N-ethyl adjacent to an activating group) is 1. The number of ether oxygens (including phenoxy) is 3. The van der Waals surface area contributed by atoms with E-state index in [4.69, 9.17) is 14.2 Å². The van der Waals surface area contributed by atoms with Crippen LogP contribution in [0.25, 0.3) is 6.08 Å². The van der Waals surface area contributed by atoms with Crippen LogP contribution in [-0.2, 0) is 5.41 Å². The number of azo groups is 1. The number of hydrogen-bond acceptors (Lipinski definition) is 7. The van der Waals surface area contributed by atoms with E-state index < -0.39 is 11.7 Å². The third-order valence-electron chi connectivity index (χ3n) is 9.02. The summed E-state index contributed by atoms with van der Waals surface area (Å²) in [5.41, 5.74) is 4.09. The van der Waals surface area contributed by atoms with Crippen LogP contribution in [0.1, 0.15) is 74.4 Å². The van der Waals surface area contributed by atoms with Gasteiger partial charge in [-0.25, -0.2) is 4.79 Å². The summed E-state index contributed by atoms with van der Waals surface area (Å²) in [6, 6.07) is 28.3. The van der Waals surface area contributed by atoms with Crippen LogP contribution >= 0.6 is 0 Å². The number of unbranched alkanes of at least 4 members (excludes halogenated alkanes) is 4. The van der Waals surface area contributed by atoms with Crippen LogP contribution in [0.2, 0.25) is 0 Å². The normalized spacial score (nSPS) is 17.5. The molecule has 2 aliphatic rings. The second-order valence-electron chi connectivity index (χ2n) is 12.4. The maximum absolute atomic E-state index is 13.0. The lowest BCUT2D eigenvalue weighted by Crippen LogP contribution is -2.58. The van der Waals surface area contributed by atoms with E-state index in [2.05, 4.69) is 79.4 Å². The first-order valence-corrected chi connectivity index (χ1v) is 16.1. The smallest absolute Gasteiger partial charge is 0.343 e. The number of para-hydroxylation sites is 1. The molecular formula is C39H41N3O4. The van der Waals surface area contributed by atoms with Gasteiger partial charge in [0.1, 0.15) is 17.2 Å². The van der Waals surface area contributed by atoms with Crippen molar-refractivity contribution in [2.45, 2.75) is 64.0 Å². The molecule has 1 spiro atoms. The van der Waals surface area contributed by atoms with E-state index in [0.717, 1.165) is 41.5 Å². The van der Waals surface area contributed by atoms with E-state index in [1.54, 1.807) is 30.3 Å². The van der Waals surface area contributed by atoms with E-state index in [-0.39, 0.29) is 5.41 Å². The van der Waals surface area contributed by atoms with Gasteiger partial charge >= 0.3 is 5.97 Å². The zero-order valence-electron chi connectivity index (χ0n) is 27.0. The van der Waals surface area contributed by atoms with Crippen molar-refractivity contribution in [2.75, 3.05) is 18.6 Å². The van der Waals surface area contributed by atoms with Crippen molar-refractivity contribution in [2.24, 2.45) is 10.2 Å². The fraction of sp³-hybridized carbons (Fsp3) is 0.308. The van der Waals surface area contributed by atoms with Crippen molar-refractivity contribution < 1.29 is 19.0 Å². The molecule has 236 valence electrons. The number of carbonyl (C=O) groups excluding carboxylic acids is 1. The summed E-state index contributed by atoms with van der Waals surface area (Å²) >= 11 is 0. The maximum Gasteiger partial charge on any atom is 0.343 e. The van der Waals surface area contributed by atoms with Gasteiger partial charge in [0.05, 0.1) is 29.0 Å². The molecule has 4 aromatic rings. The molecule has 2 heterocycles. The predicted octanol–water partition coefficient (Wildman–Crippen LogP) is 10.2. The monoisotopic (exact) mass is 615 g/mol. The minimum Gasteiger partial charge on any atom is -0.494 e. The molecule has 1 atom stereocenters. The Labute approximate surface area is 271 Å². The number of hydrogen-bond donors (Lipinski definition) is 0. The molecule has 2 aliphatic heterocycles. The predicted molar refractivity (Wildman–Crippen MR) is 183 cm³/mol. The highest BCUT2D eigenvalue weighted by molar-refractivity contribution is 5.91. The molecule has 0 radical (unpaired) electrons. The number of carbonyl (C=O) groups is 1. The molecule has 0 fully saturated rings. The third-order valence-corrected chi connectivity index (χ3v) is 9.02. The maximum atomic E-state index is 13.0. The lowest BCUT2D eigenvalue weighted by atomic mass is 9.76. The molecule has 0 bridgehead atoms. The molecular weight excluding hydrogens is 574 g/mol. The summed E-state index contributed by atoms with van der Waals surface area (Å²) in [6.07, 6.45) is 10.2. The molecule has 6 rings (SSSR count). The SMILES string of the molecule is CCCCCCCOc1ccc(N=Nc2ccc(C(=O)Oc3ccc4c(c3)C=CC3(O4)N(C)c4ccccc4C3(C)C)cc2)cc1. The van der Waals surface area contributed by atoms with Crippen LogP contribution in [0.5, 0.6) is 17.2 Å². The van der Waals surface area contributed by atoms with Crippen molar-refractivity contribution in [3.05, 3.63) is 114 Å². The van der Waals surface area contributed by atoms with Gasteiger partial charge in [0.2, 0.25) is 5.72 Å². The summed E-state index contributed by atoms with van der Waals surface area (Å²) < 4.78 is 18.3. The summed E-state index contributed by atoms with van der Waals surface area (Å²) in [6.45, 7) is 7.36. The number of nitrogens with zero attached hydrogens (tertiary/aromatic N) is 3. The van der Waals surface area contributed by atoms with Gasteiger partial charge in [-0.15, -0.1) is 0 Å². The van der Waals surface area contributed by atoms with Crippen LogP contribution in [-0.4, -0.2) is 25.3 Å². The van der Waals surface area contributed by atoms with Gasteiger partial charge in [-0.1, -0.05) is 50.8 Å². The first-order valence-electron chi connectivity index (χ1n) is 16.1. The van der Waals surface area contributed by atoms with Crippen molar-refractivity contribution in [3.8, 4) is 17.2 Å². The number of benzene rings is 4. The number of fused-ring (bicyclic) bond motifs is 2. The van der Waals surface area contributed by atoms with Gasteiger partial charge in [-0.3, -0.25) is 0 Å². The highest BCUT2D eigenvalue weighted by atomic mass is 16.5. The molecule has 7 nitrogen and oxygen atoms in total. The van der Waals surface area contributed by atoms with Gasteiger partial charge < -0.3 is 19.1 Å². The van der Waals surface area contributed by atoms with Crippen LogP contribution in [0, 0.1) is 0 Å². The number of esters is 1. The standard InChI is InChI=1S/C39H41N3O4/c1-5-6-7-8-11-26-44-32-20-18-31(19-21-32)41-40-30-16-14-28(15-17-30)37(43)45-33-22-23-36-29(27-33)24-25-39(46-36)38(2,3)34-12-9-10-13-35(34)42(39)4/h9-10,12-25,27H,5-8,11,26H2,1-4H3. The molecule has 0 amide bonds. The van der Waals surface area contributed by atoms with Crippen LogP contribution in [0.3, 0.4) is 0 Å². The highest BCUT2D eigenvalue weighted by Crippen LogP contribution is 2.54. The van der Waals surface area contributed by atoms with E-state index in [0.29, 0.717) is 17.0 Å². The third kappa shape index (κ3) is 6.14. The average Bonchev–Trinajstić information content (AvgIpc) is 3.24. The molecule has 4 aromatic carbocycles. The highest BCUT2D eigenvalue weighted by Gasteiger charge is 2.57. The van der Waals surface area contributed by atoms with Gasteiger partial charge in [0.25, 0.3) is 0 Å². The topological polar surface area (TPSA) is 72.7 Å². The van der Waals surface area contributed by atoms with Gasteiger partial charge in [-0.2, -0.15) is 10.2 Å². The van der Waals surface area contributed by atoms with Crippen molar-refractivity contribution in [1.29, 1.82) is 0 Å². The van der Waals surface area contributed by atoms with Crippen molar-refractivity contribution in [3.63, 3.8) is 0 Å². The molecule has 0 aliphatic carbocycles. The lowest BCUT2D eigenvalue weighted by Gasteiger charge is -2.45. The number of rotatable bonds is 11. The molecule has 1 unspecified atom stereocenters. The Hall–Kier alpha value is -4.91. The second kappa shape index (κ2) is 13.2. The summed E-state index contributed by atoms with van der Waals surface area (Å²) in [5.74, 6) is 1.57. The minimum atomic E-state index is -0.661. The zero-order valence-corrected chi connectivity index (χ0v) is 27.0. The lowest BCUT2D eigenvalue weighted by molar-refractivity contribution is 0.0579. The van der Waals surface area contributed by atoms with Gasteiger partial charge in [-0.05, 0) is 111 Å². The average molecular weight is 616 g/mol. The Morgan fingerprint density at radius 1 is 0.826 bits per heavy atom. The summed E-state index contributed by atoms with van der Waals surface area (Å²) in [7, 11) is 2.07. The fourth-order valence-electron chi connectivity index (χ4n) is 6.27. The Morgan fingerprint density at radius 3 is 2.22 bits per heavy atom. The Bertz CT molecular complexity index is 1740. The molecule has 7 heteroatoms. The van der Waals surface area contributed by atoms with Crippen LogP contribution < -0.4 is 19.1 Å². The Morgan fingerprint density at radius 2 is 1.50 bits per heavy atom. The van der Waals surface area contributed by atoms with E-state index >= 15 is 0 Å². The van der Waals surface area contributed by atoms with Crippen LogP contribution in [0.4, 0.5) is 17.1 Å². The quantitative estimate of drug-likeness (QED) is 0.0726. The molecule has 0 aromatic heterocycles. The van der Waals surface area contributed by atoms with Crippen molar-refractivity contribution in [1.82, 2.24) is 0 Å². The first-order chi connectivity index (χ1) is 22.3. The Balaban J connectivity index is 1.04. The van der Waals surface area contributed by atoms with Crippen LogP contribution in [0.15, 0.2) is 107 Å². The van der Waals surface area contributed by atoms with E-state index in [1.165, 1.54) is 31.2 Å². The Kier molecular flexibility index (Phi) is 8.93. The minimum absolute atomic E-state index is 0.282. The molecule has 0 N–H and O–H groups in total. The molecule has 46 heavy (non-hydrogen) atoms. The second-order valence-corrected chi connectivity index (χ2v) is 12.4. The largest absolute Gasteiger partial charge is 0.494 e. The first kappa shape index (κ1) is 31.1. The van der Waals surface area contributed by atoms with Crippen molar-refractivity contribution >= 4 is 29.1 Å². The van der Waals surface area contributed by atoms with E-state index in [1.807, 2.05) is 36.4 Å². The fourth-order valence-corrected chi connectivity index (χ4v) is 6.27. The zero-order chi connectivity index (χ0) is 32.1. The summed E-state index contributed by atoms with van der Waals surface area (Å²) in [5, 5.41) is 8.62.